The van der Waals surface area contributed by atoms with Crippen LogP contribution < -0.4 is 5.56 Å². The van der Waals surface area contributed by atoms with Gasteiger partial charge in [-0.25, -0.2) is 4.98 Å². The first-order chi connectivity index (χ1) is 11.6. The Labute approximate surface area is 139 Å². The van der Waals surface area contributed by atoms with Gasteiger partial charge in [0.1, 0.15) is 0 Å². The third-order valence-corrected chi connectivity index (χ3v) is 4.09. The van der Waals surface area contributed by atoms with Crippen molar-refractivity contribution in [3.8, 4) is 0 Å². The van der Waals surface area contributed by atoms with Crippen molar-refractivity contribution < 1.29 is 4.74 Å². The molecule has 0 amide bonds. The predicted octanol–water partition coefficient (Wildman–Crippen LogP) is 3.33. The maximum absolute atomic E-state index is 12.9. The number of hydrogen-bond donors (Lipinski definition) is 0. The van der Waals surface area contributed by atoms with Gasteiger partial charge in [0.25, 0.3) is 5.56 Å². The van der Waals surface area contributed by atoms with Gasteiger partial charge >= 0.3 is 0 Å². The Morgan fingerprint density at radius 1 is 1.04 bits per heavy atom. The van der Waals surface area contributed by atoms with E-state index in [4.69, 9.17) is 4.74 Å². The summed E-state index contributed by atoms with van der Waals surface area (Å²) >= 11 is 0. The van der Waals surface area contributed by atoms with Gasteiger partial charge in [-0.05, 0) is 30.2 Å². The third-order valence-electron chi connectivity index (χ3n) is 4.09. The number of hydrogen-bond acceptors (Lipinski definition) is 4. The molecular formula is C19H17N3O2. The molecule has 2 aromatic carbocycles. The smallest absolute Gasteiger partial charge is 0.282 e. The van der Waals surface area contributed by atoms with E-state index in [0.717, 1.165) is 5.56 Å². The standard InChI is InChI=1S/C19H17N3O2/c1-12(2)16-17-20-15-11-7-6-10-14(15)19(23)22(17)21-18(24-16)13-8-4-3-5-9-13/h3-12,16H,1-2H3/t16-/m0/s1. The van der Waals surface area contributed by atoms with E-state index in [1.54, 1.807) is 6.07 Å². The summed E-state index contributed by atoms with van der Waals surface area (Å²) in [6.07, 6.45) is -0.324. The number of ether oxygens (including phenoxy) is 1. The highest BCUT2D eigenvalue weighted by atomic mass is 16.5. The molecule has 0 aliphatic carbocycles. The number of benzene rings is 2. The zero-order valence-corrected chi connectivity index (χ0v) is 13.5. The van der Waals surface area contributed by atoms with E-state index in [1.807, 2.05) is 62.4 Å². The number of nitrogens with zero attached hydrogens (tertiary/aromatic N) is 3. The van der Waals surface area contributed by atoms with E-state index in [2.05, 4.69) is 10.1 Å². The molecule has 1 aliphatic rings. The lowest BCUT2D eigenvalue weighted by Crippen LogP contribution is -2.33. The van der Waals surface area contributed by atoms with E-state index in [1.165, 1.54) is 4.68 Å². The Balaban J connectivity index is 2.00. The van der Waals surface area contributed by atoms with Crippen LogP contribution in [0.15, 0.2) is 64.5 Å². The fourth-order valence-corrected chi connectivity index (χ4v) is 2.85. The van der Waals surface area contributed by atoms with Crippen LogP contribution in [-0.2, 0) is 4.74 Å². The van der Waals surface area contributed by atoms with Gasteiger partial charge < -0.3 is 4.74 Å². The summed E-state index contributed by atoms with van der Waals surface area (Å²) in [6, 6.07) is 16.9. The molecule has 0 bridgehead atoms. The highest BCUT2D eigenvalue weighted by Crippen LogP contribution is 2.29. The van der Waals surface area contributed by atoms with E-state index in [-0.39, 0.29) is 17.6 Å². The highest BCUT2D eigenvalue weighted by Gasteiger charge is 2.30. The average Bonchev–Trinajstić information content (AvgIpc) is 2.62. The molecule has 0 saturated heterocycles. The molecule has 1 aliphatic heterocycles. The molecule has 0 unspecified atom stereocenters. The van der Waals surface area contributed by atoms with Crippen molar-refractivity contribution in [3.63, 3.8) is 0 Å². The SMILES string of the molecule is CC(C)[C@@H]1OC(c2ccccc2)=Nn2c1nc1ccccc1c2=O. The molecule has 4 rings (SSSR count). The molecule has 1 aromatic heterocycles. The molecule has 0 N–H and O–H groups in total. The normalized spacial score (nSPS) is 16.6. The Bertz CT molecular complexity index is 990. The summed E-state index contributed by atoms with van der Waals surface area (Å²) in [5.74, 6) is 1.15. The fourth-order valence-electron chi connectivity index (χ4n) is 2.85. The lowest BCUT2D eigenvalue weighted by Gasteiger charge is -2.28. The van der Waals surface area contributed by atoms with E-state index < -0.39 is 0 Å². The van der Waals surface area contributed by atoms with Crippen LogP contribution in [0, 0.1) is 5.92 Å². The summed E-state index contributed by atoms with van der Waals surface area (Å²) in [5, 5.41) is 4.99. The maximum Gasteiger partial charge on any atom is 0.282 e. The lowest BCUT2D eigenvalue weighted by molar-refractivity contribution is 0.115. The van der Waals surface area contributed by atoms with E-state index in [9.17, 15) is 4.79 Å². The van der Waals surface area contributed by atoms with Crippen molar-refractivity contribution in [2.24, 2.45) is 11.0 Å². The highest BCUT2D eigenvalue weighted by molar-refractivity contribution is 5.94. The second kappa shape index (κ2) is 5.60. The Kier molecular flexibility index (Phi) is 3.41. The van der Waals surface area contributed by atoms with Gasteiger partial charge in [0.05, 0.1) is 10.9 Å². The summed E-state index contributed by atoms with van der Waals surface area (Å²) in [7, 11) is 0. The second-order valence-corrected chi connectivity index (χ2v) is 6.16. The summed E-state index contributed by atoms with van der Waals surface area (Å²) in [6.45, 7) is 4.09. The van der Waals surface area contributed by atoms with E-state index in [0.29, 0.717) is 22.6 Å². The van der Waals surface area contributed by atoms with E-state index >= 15 is 0 Å². The number of fused-ring (bicyclic) bond motifs is 2. The van der Waals surface area contributed by atoms with Gasteiger partial charge in [0.15, 0.2) is 11.9 Å². The molecule has 5 nitrogen and oxygen atoms in total. The van der Waals surface area contributed by atoms with Crippen molar-refractivity contribution in [1.29, 1.82) is 0 Å². The minimum Gasteiger partial charge on any atom is -0.464 e. The Morgan fingerprint density at radius 2 is 1.75 bits per heavy atom. The monoisotopic (exact) mass is 319 g/mol. The second-order valence-electron chi connectivity index (χ2n) is 6.16. The topological polar surface area (TPSA) is 56.5 Å². The Hall–Kier alpha value is -2.95. The molecular weight excluding hydrogens is 302 g/mol. The molecule has 24 heavy (non-hydrogen) atoms. The maximum atomic E-state index is 12.9. The van der Waals surface area contributed by atoms with Gasteiger partial charge in [-0.3, -0.25) is 4.79 Å². The molecule has 120 valence electrons. The van der Waals surface area contributed by atoms with Gasteiger partial charge in [-0.1, -0.05) is 44.2 Å². The fraction of sp³-hybridized carbons (Fsp3) is 0.211. The zero-order chi connectivity index (χ0) is 16.7. The third kappa shape index (κ3) is 2.29. The van der Waals surface area contributed by atoms with Crippen LogP contribution in [-0.4, -0.2) is 15.6 Å². The summed E-state index contributed by atoms with van der Waals surface area (Å²) in [5.41, 5.74) is 1.34. The molecule has 0 radical (unpaired) electrons. The van der Waals surface area contributed by atoms with Crippen LogP contribution in [0.4, 0.5) is 0 Å². The molecule has 2 heterocycles. The molecule has 0 spiro atoms. The van der Waals surface area contributed by atoms with Crippen molar-refractivity contribution in [2.75, 3.05) is 0 Å². The number of para-hydroxylation sites is 1. The zero-order valence-electron chi connectivity index (χ0n) is 13.5. The van der Waals surface area contributed by atoms with Crippen molar-refractivity contribution in [2.45, 2.75) is 20.0 Å². The minimum atomic E-state index is -0.324. The summed E-state index contributed by atoms with van der Waals surface area (Å²) < 4.78 is 7.48. The van der Waals surface area contributed by atoms with Crippen LogP contribution in [0.5, 0.6) is 0 Å². The van der Waals surface area contributed by atoms with Crippen LogP contribution >= 0.6 is 0 Å². The van der Waals surface area contributed by atoms with Crippen LogP contribution in [0.1, 0.15) is 31.3 Å². The van der Waals surface area contributed by atoms with Gasteiger partial charge in [0.2, 0.25) is 5.90 Å². The lowest BCUT2D eigenvalue weighted by atomic mass is 10.1. The number of aromatic nitrogens is 2. The Morgan fingerprint density at radius 3 is 2.50 bits per heavy atom. The molecule has 5 heteroatoms. The molecule has 1 atom stereocenters. The van der Waals surface area contributed by atoms with Crippen molar-refractivity contribution in [3.05, 3.63) is 76.3 Å². The van der Waals surface area contributed by atoms with Gasteiger partial charge in [0, 0.05) is 5.56 Å². The van der Waals surface area contributed by atoms with Crippen LogP contribution in [0.25, 0.3) is 10.9 Å². The van der Waals surface area contributed by atoms with Crippen LogP contribution in [0.2, 0.25) is 0 Å². The van der Waals surface area contributed by atoms with Crippen LogP contribution in [0.3, 0.4) is 0 Å². The minimum absolute atomic E-state index is 0.151. The molecule has 3 aromatic rings. The molecule has 0 fully saturated rings. The number of rotatable bonds is 2. The quantitative estimate of drug-likeness (QED) is 0.728. The summed E-state index contributed by atoms with van der Waals surface area (Å²) in [4.78, 5) is 17.5. The van der Waals surface area contributed by atoms with Gasteiger partial charge in [-0.2, -0.15) is 4.68 Å². The largest absolute Gasteiger partial charge is 0.464 e. The predicted molar refractivity (Wildman–Crippen MR) is 93.0 cm³/mol. The van der Waals surface area contributed by atoms with Gasteiger partial charge in [-0.15, -0.1) is 5.10 Å². The van der Waals surface area contributed by atoms with Crippen molar-refractivity contribution >= 4 is 16.8 Å². The average molecular weight is 319 g/mol. The first-order valence-corrected chi connectivity index (χ1v) is 7.98. The van der Waals surface area contributed by atoms with Crippen molar-refractivity contribution in [1.82, 2.24) is 9.66 Å². The first-order valence-electron chi connectivity index (χ1n) is 7.98. The first kappa shape index (κ1) is 14.6. The molecule has 0 saturated carbocycles.